The first-order valence-electron chi connectivity index (χ1n) is 47.7. The minimum atomic E-state index is -1.71. The number of hydrogen-bond acceptors (Lipinski definition) is 26. The Labute approximate surface area is 818 Å². The second kappa shape index (κ2) is 57.1. The number of phenolic OH excluding ortho intramolecular Hbond substituents is 2. The van der Waals surface area contributed by atoms with Crippen LogP contribution >= 0.6 is 0 Å². The van der Waals surface area contributed by atoms with Crippen molar-refractivity contribution >= 4 is 112 Å². The van der Waals surface area contributed by atoms with Crippen molar-refractivity contribution in [2.24, 2.45) is 47.0 Å². The van der Waals surface area contributed by atoms with Crippen LogP contribution in [0, 0.1) is 35.5 Å². The molecule has 778 valence electrons. The number of aliphatic hydroxyl groups excluding tert-OH is 2. The van der Waals surface area contributed by atoms with Crippen molar-refractivity contribution in [1.29, 1.82) is 0 Å². The molecule has 2 saturated heterocycles. The van der Waals surface area contributed by atoms with E-state index in [9.17, 15) is 112 Å². The second-order valence-electron chi connectivity index (χ2n) is 37.7. The fourth-order valence-corrected chi connectivity index (χ4v) is 15.9. The van der Waals surface area contributed by atoms with Gasteiger partial charge in [-0.05, 0) is 136 Å². The van der Waals surface area contributed by atoms with Crippen LogP contribution in [0.1, 0.15) is 190 Å². The number of aromatic nitrogens is 4. The molecule has 47 heteroatoms. The zero-order valence-electron chi connectivity index (χ0n) is 82.1. The van der Waals surface area contributed by atoms with Gasteiger partial charge in [0.1, 0.15) is 108 Å². The molecule has 2 aromatic carbocycles. The summed E-state index contributed by atoms with van der Waals surface area (Å²) in [5, 5.41) is 88.5. The normalized spacial score (nSPS) is 16.9. The van der Waals surface area contributed by atoms with E-state index in [-0.39, 0.29) is 132 Å². The van der Waals surface area contributed by atoms with E-state index in [4.69, 9.17) is 11.5 Å². The molecule has 2 fully saturated rings. The number of carboxylic acids is 1. The van der Waals surface area contributed by atoms with Gasteiger partial charge in [0.2, 0.25) is 106 Å². The van der Waals surface area contributed by atoms with Crippen LogP contribution in [0.25, 0.3) is 0 Å². The quantitative estimate of drug-likeness (QED) is 0.0202. The Morgan fingerprint density at radius 1 is 0.404 bits per heavy atom. The number of nitrogens with one attached hydrogen (secondary N) is 17. The fourth-order valence-electron chi connectivity index (χ4n) is 15.9. The van der Waals surface area contributed by atoms with Gasteiger partial charge >= 0.3 is 5.97 Å². The Kier molecular flexibility index (Phi) is 47.0. The third-order valence-corrected chi connectivity index (χ3v) is 24.1. The van der Waals surface area contributed by atoms with Crippen molar-refractivity contribution in [3.8, 4) is 11.5 Å². The molecular weight excluding hydrogens is 1840 g/mol. The number of aliphatic hydroxyl groups is 2. The van der Waals surface area contributed by atoms with Crippen molar-refractivity contribution in [3.05, 3.63) is 96.1 Å². The number of hydrogen-bond donors (Lipinski definition) is 24. The lowest BCUT2D eigenvalue weighted by molar-refractivity contribution is -0.143. The summed E-state index contributed by atoms with van der Waals surface area (Å²) in [7, 11) is 0. The molecule has 0 aliphatic carbocycles. The Morgan fingerprint density at radius 2 is 0.780 bits per heavy atom. The molecule has 0 saturated carbocycles. The molecule has 18 atom stereocenters. The Balaban J connectivity index is 1.15. The summed E-state index contributed by atoms with van der Waals surface area (Å²) >= 11 is 0. The number of aliphatic carboxylic acids is 1. The van der Waals surface area contributed by atoms with E-state index < -0.39 is 247 Å². The van der Waals surface area contributed by atoms with Gasteiger partial charge < -0.3 is 137 Å². The lowest BCUT2D eigenvalue weighted by Gasteiger charge is -2.32. The van der Waals surface area contributed by atoms with Crippen LogP contribution in [0.5, 0.6) is 11.5 Å². The third kappa shape index (κ3) is 37.8. The molecule has 6 rings (SSSR count). The van der Waals surface area contributed by atoms with E-state index in [0.29, 0.717) is 41.8 Å². The highest BCUT2D eigenvalue weighted by Crippen LogP contribution is 2.26. The summed E-state index contributed by atoms with van der Waals surface area (Å²) in [5.74, 6) is -19.4. The minimum absolute atomic E-state index is 0.0216. The molecule has 2 aliphatic rings. The molecule has 4 aromatic rings. The van der Waals surface area contributed by atoms with E-state index >= 15 is 4.79 Å². The van der Waals surface area contributed by atoms with E-state index in [1.165, 1.54) is 90.3 Å². The number of H-pyrrole nitrogens is 2. The first-order valence-corrected chi connectivity index (χ1v) is 47.7. The summed E-state index contributed by atoms with van der Waals surface area (Å²) in [6.45, 7) is 19.1. The summed E-state index contributed by atoms with van der Waals surface area (Å²) in [6, 6.07) is -11.4. The van der Waals surface area contributed by atoms with Gasteiger partial charge in [0.15, 0.2) is 0 Å². The number of carbonyl (C=O) groups is 19. The van der Waals surface area contributed by atoms with Gasteiger partial charge in [-0.3, -0.25) is 86.3 Å². The van der Waals surface area contributed by atoms with Gasteiger partial charge in [-0.25, -0.2) is 14.8 Å². The molecule has 47 nitrogen and oxygen atoms in total. The maximum Gasteiger partial charge on any atom is 0.326 e. The molecule has 18 amide bonds. The van der Waals surface area contributed by atoms with E-state index in [2.05, 4.69) is 99.7 Å². The molecule has 1 unspecified atom stereocenters. The predicted octanol–water partition coefficient (Wildman–Crippen LogP) is -3.71. The smallest absolute Gasteiger partial charge is 0.326 e. The van der Waals surface area contributed by atoms with E-state index in [0.717, 1.165) is 0 Å². The number of carbonyl (C=O) groups excluding carboxylic acids is 18. The number of phenols is 2. The number of nitrogens with two attached hydrogens (primary N) is 2. The summed E-state index contributed by atoms with van der Waals surface area (Å²) in [5.41, 5.74) is 12.7. The zero-order chi connectivity index (χ0) is 105. The SMILES string of the molecule is CC[C@H](C)[C@H](NC(=O)C(CO)NC(=O)[C@@H]1CCCN1C(=O)[C@H](CC(C)C)NC(=O)[C@H](Cc1ccc(O)cc1)NC(=O)[C@H](C)NC(=O)[C@H](Cc1cnc[nH]1)NC(=O)[C@H](Cc1cnc[nH]1)NC(=O)[C@H](CC(C)C)NC(=O)[C@@H](NC(=O)[C@@H]1CCCN1C(=O)[C@H](CC(C)C)NC(=O)[C@H](CCC(N)=O)NC(=O)[C@H](CC(C)C)NC(=O)[C@@H](N)CO)[C@@H](C)CC)C(=O)NCC(=O)NCC(=O)N[C@@H](Cc1ccc(O)cc1)C(=O)O. The van der Waals surface area contributed by atoms with Crippen LogP contribution in [0.2, 0.25) is 0 Å². The summed E-state index contributed by atoms with van der Waals surface area (Å²) in [6.07, 6.45) is 5.06. The number of aromatic amines is 2. The lowest BCUT2D eigenvalue weighted by Crippen LogP contribution is -2.62. The predicted molar refractivity (Wildman–Crippen MR) is 509 cm³/mol. The highest BCUT2D eigenvalue weighted by molar-refractivity contribution is 6.02. The highest BCUT2D eigenvalue weighted by Gasteiger charge is 2.45. The molecule has 4 heterocycles. The van der Waals surface area contributed by atoms with Crippen molar-refractivity contribution in [1.82, 2.24) is 109 Å². The molecule has 26 N–H and O–H groups in total. The van der Waals surface area contributed by atoms with Crippen LogP contribution in [-0.2, 0) is 117 Å². The van der Waals surface area contributed by atoms with Gasteiger partial charge in [0.05, 0.1) is 39.0 Å². The van der Waals surface area contributed by atoms with Crippen LogP contribution in [-0.4, -0.2) is 304 Å². The Morgan fingerprint density at radius 3 is 1.21 bits per heavy atom. The average molecular weight is 1980 g/mol. The number of amides is 18. The van der Waals surface area contributed by atoms with Crippen LogP contribution in [0.4, 0.5) is 0 Å². The molecule has 2 aliphatic heterocycles. The number of nitrogens with zero attached hydrogens (tertiary/aromatic N) is 4. The van der Waals surface area contributed by atoms with Gasteiger partial charge in [0, 0.05) is 69.0 Å². The number of benzene rings is 2. The molecule has 0 bridgehead atoms. The van der Waals surface area contributed by atoms with Crippen LogP contribution < -0.4 is 91.2 Å². The van der Waals surface area contributed by atoms with E-state index in [1.54, 1.807) is 83.1 Å². The summed E-state index contributed by atoms with van der Waals surface area (Å²) < 4.78 is 0. The van der Waals surface area contributed by atoms with Gasteiger partial charge in [-0.1, -0.05) is 120 Å². The molecule has 141 heavy (non-hydrogen) atoms. The number of rotatable bonds is 58. The highest BCUT2D eigenvalue weighted by atomic mass is 16.4. The van der Waals surface area contributed by atoms with Crippen molar-refractivity contribution in [2.45, 2.75) is 289 Å². The lowest BCUT2D eigenvalue weighted by atomic mass is 9.96. The Bertz CT molecular complexity index is 4890. The number of aromatic hydroxyl groups is 2. The van der Waals surface area contributed by atoms with Crippen molar-refractivity contribution in [3.63, 3.8) is 0 Å². The fraction of sp³-hybridized carbons (Fsp3) is 0.606. The number of likely N-dealkylation sites (tertiary alicyclic amines) is 2. The monoisotopic (exact) mass is 1980 g/mol. The van der Waals surface area contributed by atoms with Crippen molar-refractivity contribution < 1.29 is 117 Å². The van der Waals surface area contributed by atoms with Crippen LogP contribution in [0.15, 0.2) is 73.6 Å². The number of primary amides is 1. The Hall–Kier alpha value is -13.7. The zero-order valence-corrected chi connectivity index (χ0v) is 82.1. The number of imidazole rings is 2. The first kappa shape index (κ1) is 116. The average Bonchev–Trinajstić information content (AvgIpc) is 1.73. The van der Waals surface area contributed by atoms with Gasteiger partial charge in [-0.15, -0.1) is 0 Å². The maximum atomic E-state index is 15.0. The maximum absolute atomic E-state index is 15.0. The molecular formula is C94H143N23O24. The standard InChI is InChI=1S/C94H143N23O24/c1-14-52(11)77(90(136)100-42-75(123)99-43-76(124)104-70(94(140)141)37-56-22-26-60(121)27-23-56)114-87(133)71(45-119)113-88(134)72-18-16-30-116(72)93(139)69(35-51(9)10)112-85(131)65(36-55-20-24-59(120)25-21-55)106-79(125)54(13)103-82(128)66(38-57-40-97-46-101-57)108-86(132)67(39-58-41-98-47-102-58)109-84(130)64(33-49(5)6)110-91(137)78(53(12)15-2)115-89(135)73-19-17-31-117(73)92(138)68(34-50(7)8)111-81(127)62(28-29-74(96)122)105-83(129)63(32-48(3)4)107-80(126)61(95)44-118/h20-27,40-41,46-54,61-73,77-78,118-121H,14-19,28-39,42-45,95H2,1-13H3,(H2,96,122)(H,97,101)(H,98,102)(H,99,123)(H,100,136)(H,103,128)(H,104,124)(H,105,129)(H,106,125)(H,107,126)(H,108,132)(H,109,130)(H,110,137)(H,111,127)(H,112,131)(H,113,134)(H,114,133)(H,115,135)(H,140,141)/t52-,53-,54-,61-,62-,63-,64-,65-,66-,67-,68-,69-,70-,71?,72-,73-,77-,78-/m0/s1. The number of carboxylic acid groups (broad SMARTS) is 1. The molecule has 2 aromatic heterocycles. The first-order chi connectivity index (χ1) is 66.6. The summed E-state index contributed by atoms with van der Waals surface area (Å²) in [4.78, 5) is 283. The third-order valence-electron chi connectivity index (χ3n) is 24.1. The molecule has 0 spiro atoms. The topological polar surface area (TPSA) is 722 Å². The van der Waals surface area contributed by atoms with Crippen LogP contribution in [0.3, 0.4) is 0 Å². The minimum Gasteiger partial charge on any atom is -0.508 e. The van der Waals surface area contributed by atoms with Crippen molar-refractivity contribution in [2.75, 3.05) is 39.4 Å². The second-order valence-corrected chi connectivity index (χ2v) is 37.7. The largest absolute Gasteiger partial charge is 0.508 e. The van der Waals surface area contributed by atoms with Gasteiger partial charge in [0.25, 0.3) is 0 Å². The van der Waals surface area contributed by atoms with E-state index in [1.807, 2.05) is 0 Å². The van der Waals surface area contributed by atoms with Gasteiger partial charge in [-0.2, -0.15) is 0 Å². The molecule has 0 radical (unpaired) electrons.